The van der Waals surface area contributed by atoms with Crippen LogP contribution in [0.25, 0.3) is 17.0 Å². The quantitative estimate of drug-likeness (QED) is 0.640. The van der Waals surface area contributed by atoms with Gasteiger partial charge < -0.3 is 0 Å². The van der Waals surface area contributed by atoms with Gasteiger partial charge in [0.2, 0.25) is 10.0 Å². The first-order valence-corrected chi connectivity index (χ1v) is 10.0. The van der Waals surface area contributed by atoms with E-state index in [2.05, 4.69) is 20.6 Å². The van der Waals surface area contributed by atoms with Crippen LogP contribution in [0.4, 0.5) is 0 Å². The van der Waals surface area contributed by atoms with E-state index in [1.807, 2.05) is 0 Å². The average Bonchev–Trinajstić information content (AvgIpc) is 2.99. The molecule has 1 aromatic carbocycles. The maximum atomic E-state index is 11.9. The van der Waals surface area contributed by atoms with Gasteiger partial charge in [-0.3, -0.25) is 9.11 Å². The van der Waals surface area contributed by atoms with E-state index in [1.165, 1.54) is 6.07 Å². The minimum atomic E-state index is -3.98. The summed E-state index contributed by atoms with van der Waals surface area (Å²) < 4.78 is 43.2. The lowest BCUT2D eigenvalue weighted by Gasteiger charge is -2.35. The summed E-state index contributed by atoms with van der Waals surface area (Å²) in [4.78, 5) is -0.0911. The second-order valence-electron chi connectivity index (χ2n) is 5.13. The molecule has 0 amide bonds. The summed E-state index contributed by atoms with van der Waals surface area (Å²) in [5, 5.41) is 18.6. The van der Waals surface area contributed by atoms with E-state index >= 15 is 0 Å². The number of rotatable bonds is 3. The number of H-pyrrole nitrogens is 1. The summed E-state index contributed by atoms with van der Waals surface area (Å²) >= 11 is 0. The number of hydrogen-bond acceptors (Lipinski definition) is 7. The lowest BCUT2D eigenvalue weighted by atomic mass is 9.97. The zero-order valence-electron chi connectivity index (χ0n) is 11.9. The van der Waals surface area contributed by atoms with Crippen molar-refractivity contribution in [3.63, 3.8) is 0 Å². The highest BCUT2D eigenvalue weighted by atomic mass is 32.3. The first kappa shape index (κ1) is 16.1. The molecule has 0 fully saturated rings. The molecule has 5 N–H and O–H groups in total. The highest BCUT2D eigenvalue weighted by molar-refractivity contribution is 8.24. The Kier molecular flexibility index (Phi) is 3.98. The molecule has 11 heteroatoms. The molecule has 124 valence electrons. The second kappa shape index (κ2) is 5.69. The van der Waals surface area contributed by atoms with Gasteiger partial charge in [0.1, 0.15) is 0 Å². The van der Waals surface area contributed by atoms with Crippen LogP contribution in [-0.4, -0.2) is 49.7 Å². The number of aromatic nitrogens is 4. The molecule has 0 atom stereocenters. The van der Waals surface area contributed by atoms with Gasteiger partial charge in [0, 0.05) is 11.3 Å². The highest BCUT2D eigenvalue weighted by Gasteiger charge is 2.25. The minimum absolute atomic E-state index is 0.0911. The van der Waals surface area contributed by atoms with Gasteiger partial charge in [-0.25, -0.2) is 18.7 Å². The Morgan fingerprint density at radius 1 is 1.30 bits per heavy atom. The van der Waals surface area contributed by atoms with Crippen LogP contribution >= 0.6 is 10.6 Å². The van der Waals surface area contributed by atoms with E-state index in [9.17, 15) is 17.5 Å². The van der Waals surface area contributed by atoms with Crippen molar-refractivity contribution in [1.29, 1.82) is 0 Å². The van der Waals surface area contributed by atoms with Gasteiger partial charge in [-0.2, -0.15) is 10.6 Å². The average molecular weight is 357 g/mol. The standard InChI is InChI=1S/C12H15N5O4S2/c13-23(20,21)10-3-1-2-9(11(10)12-14-16-17-15-12)8-4-6-22(18,19)7-5-8/h1-4,18-19H,5-7H2,(H2,13,20,21)(H,14,15,16,17). The fourth-order valence-electron chi connectivity index (χ4n) is 2.48. The third-order valence-corrected chi connectivity index (χ3v) is 6.07. The van der Waals surface area contributed by atoms with Crippen LogP contribution < -0.4 is 5.14 Å². The third kappa shape index (κ3) is 3.28. The summed E-state index contributed by atoms with van der Waals surface area (Å²) in [6.07, 6.45) is 2.11. The molecule has 0 saturated heterocycles. The van der Waals surface area contributed by atoms with E-state index in [0.717, 1.165) is 5.57 Å². The van der Waals surface area contributed by atoms with Crippen molar-refractivity contribution in [3.05, 3.63) is 29.8 Å². The molecule has 1 aliphatic heterocycles. The number of nitrogens with zero attached hydrogens (tertiary/aromatic N) is 3. The molecule has 0 spiro atoms. The predicted octanol–water partition coefficient (Wildman–Crippen LogP) is 1.05. The Hall–Kier alpha value is -1.79. The van der Waals surface area contributed by atoms with Crippen molar-refractivity contribution in [2.24, 2.45) is 5.14 Å². The number of primary sulfonamides is 1. The van der Waals surface area contributed by atoms with Gasteiger partial charge in [-0.15, -0.1) is 5.10 Å². The van der Waals surface area contributed by atoms with Gasteiger partial charge in [0.05, 0.1) is 10.6 Å². The Balaban J connectivity index is 2.21. The molecule has 3 rings (SSSR count). The van der Waals surface area contributed by atoms with Gasteiger partial charge in [-0.1, -0.05) is 18.2 Å². The lowest BCUT2D eigenvalue weighted by Crippen LogP contribution is -2.16. The molecular weight excluding hydrogens is 342 g/mol. The highest BCUT2D eigenvalue weighted by Crippen LogP contribution is 2.46. The van der Waals surface area contributed by atoms with Gasteiger partial charge in [0.15, 0.2) is 5.82 Å². The minimum Gasteiger partial charge on any atom is -0.299 e. The molecule has 0 saturated carbocycles. The molecule has 0 radical (unpaired) electrons. The summed E-state index contributed by atoms with van der Waals surface area (Å²) in [7, 11) is -6.58. The van der Waals surface area contributed by atoms with Crippen LogP contribution in [0.15, 0.2) is 29.2 Å². The Bertz CT molecular complexity index is 862. The summed E-state index contributed by atoms with van der Waals surface area (Å²) in [5.74, 6) is 0.547. The van der Waals surface area contributed by atoms with Crippen LogP contribution in [0.2, 0.25) is 0 Å². The van der Waals surface area contributed by atoms with Gasteiger partial charge >= 0.3 is 0 Å². The molecule has 23 heavy (non-hydrogen) atoms. The van der Waals surface area contributed by atoms with Crippen molar-refractivity contribution in [1.82, 2.24) is 20.6 Å². The van der Waals surface area contributed by atoms with E-state index in [0.29, 0.717) is 12.0 Å². The molecule has 2 heterocycles. The first-order valence-electron chi connectivity index (χ1n) is 6.61. The van der Waals surface area contributed by atoms with Crippen LogP contribution in [-0.2, 0) is 10.0 Å². The number of allylic oxidation sites excluding steroid dienone is 1. The van der Waals surface area contributed by atoms with Crippen molar-refractivity contribution < 1.29 is 17.5 Å². The van der Waals surface area contributed by atoms with Crippen LogP contribution in [0.3, 0.4) is 0 Å². The number of nitrogens with one attached hydrogen (secondary N) is 1. The fraction of sp³-hybridized carbons (Fsp3) is 0.250. The molecule has 1 aromatic heterocycles. The smallest absolute Gasteiger partial charge is 0.238 e. The summed E-state index contributed by atoms with van der Waals surface area (Å²) in [6, 6.07) is 4.69. The number of nitrogens with two attached hydrogens (primary N) is 1. The Morgan fingerprint density at radius 3 is 2.65 bits per heavy atom. The number of aromatic amines is 1. The molecule has 1 aliphatic rings. The SMILES string of the molecule is NS(=O)(=O)c1cccc(C2=CCS(O)(O)CC2)c1-c1nnn[nH]1. The van der Waals surface area contributed by atoms with Gasteiger partial charge in [0.25, 0.3) is 0 Å². The first-order chi connectivity index (χ1) is 10.8. The monoisotopic (exact) mass is 357 g/mol. The van der Waals surface area contributed by atoms with Crippen LogP contribution in [0.1, 0.15) is 12.0 Å². The Morgan fingerprint density at radius 2 is 2.09 bits per heavy atom. The number of benzene rings is 1. The van der Waals surface area contributed by atoms with Crippen LogP contribution in [0, 0.1) is 0 Å². The molecular formula is C12H15N5O4S2. The van der Waals surface area contributed by atoms with E-state index in [1.54, 1.807) is 18.2 Å². The molecule has 0 aliphatic carbocycles. The summed E-state index contributed by atoms with van der Waals surface area (Å²) in [6.45, 7) is 0. The molecule has 0 bridgehead atoms. The third-order valence-electron chi connectivity index (χ3n) is 3.56. The van der Waals surface area contributed by atoms with Crippen molar-refractivity contribution in [3.8, 4) is 11.4 Å². The maximum absolute atomic E-state index is 11.9. The second-order valence-corrected chi connectivity index (χ2v) is 9.00. The van der Waals surface area contributed by atoms with Gasteiger partial charge in [-0.05, 0) is 34.1 Å². The molecule has 0 unspecified atom stereocenters. The lowest BCUT2D eigenvalue weighted by molar-refractivity contribution is 0.489. The van der Waals surface area contributed by atoms with E-state index in [-0.39, 0.29) is 27.8 Å². The fourth-order valence-corrected chi connectivity index (χ4v) is 4.42. The van der Waals surface area contributed by atoms with E-state index < -0.39 is 20.6 Å². The Labute approximate surface area is 134 Å². The number of hydrogen-bond donors (Lipinski definition) is 4. The topological polar surface area (TPSA) is 155 Å². The molecule has 9 nitrogen and oxygen atoms in total. The maximum Gasteiger partial charge on any atom is 0.238 e. The largest absolute Gasteiger partial charge is 0.299 e. The van der Waals surface area contributed by atoms with Crippen molar-refractivity contribution in [2.75, 3.05) is 11.5 Å². The van der Waals surface area contributed by atoms with Crippen molar-refractivity contribution in [2.45, 2.75) is 11.3 Å². The van der Waals surface area contributed by atoms with Crippen molar-refractivity contribution >= 4 is 26.2 Å². The zero-order chi connectivity index (χ0) is 16.7. The van der Waals surface area contributed by atoms with Crippen LogP contribution in [0.5, 0.6) is 0 Å². The zero-order valence-corrected chi connectivity index (χ0v) is 13.5. The number of tetrazole rings is 1. The predicted molar refractivity (Wildman–Crippen MR) is 86.2 cm³/mol. The molecule has 2 aromatic rings. The van der Waals surface area contributed by atoms with E-state index in [4.69, 9.17) is 5.14 Å². The summed E-state index contributed by atoms with van der Waals surface area (Å²) in [5.41, 5.74) is 1.68. The normalized spacial score (nSPS) is 19.2. The number of sulfonamides is 1.